The molecule has 2 aromatic rings. The van der Waals surface area contributed by atoms with E-state index in [4.69, 9.17) is 0 Å². The van der Waals surface area contributed by atoms with Gasteiger partial charge in [0.1, 0.15) is 5.82 Å². The zero-order valence-corrected chi connectivity index (χ0v) is 12.6. The molecule has 0 aromatic heterocycles. The van der Waals surface area contributed by atoms with E-state index >= 15 is 0 Å². The Bertz CT molecular complexity index is 716. The lowest BCUT2D eigenvalue weighted by Crippen LogP contribution is -2.34. The van der Waals surface area contributed by atoms with E-state index in [0.29, 0.717) is 11.4 Å². The number of nitrogens with zero attached hydrogens (tertiary/aromatic N) is 1. The van der Waals surface area contributed by atoms with Crippen LogP contribution < -0.4 is 10.2 Å². The predicted molar refractivity (Wildman–Crippen MR) is 85.5 cm³/mol. The highest BCUT2D eigenvalue weighted by Crippen LogP contribution is 2.32. The van der Waals surface area contributed by atoms with Crippen molar-refractivity contribution in [3.05, 3.63) is 59.9 Å². The van der Waals surface area contributed by atoms with Gasteiger partial charge in [0.25, 0.3) is 11.1 Å². The van der Waals surface area contributed by atoms with Gasteiger partial charge in [-0.15, -0.1) is 0 Å². The fourth-order valence-electron chi connectivity index (χ4n) is 2.13. The number of imide groups is 1. The molecule has 3 rings (SSSR count). The van der Waals surface area contributed by atoms with Gasteiger partial charge in [-0.1, -0.05) is 17.7 Å². The summed E-state index contributed by atoms with van der Waals surface area (Å²) in [6.07, 6.45) is 0. The van der Waals surface area contributed by atoms with Crippen LogP contribution in [0, 0.1) is 12.7 Å². The van der Waals surface area contributed by atoms with E-state index in [0.717, 1.165) is 22.2 Å². The summed E-state index contributed by atoms with van der Waals surface area (Å²) in [7, 11) is 0. The number of anilines is 2. The highest BCUT2D eigenvalue weighted by molar-refractivity contribution is 8.16. The van der Waals surface area contributed by atoms with Crippen LogP contribution in [0.1, 0.15) is 5.56 Å². The third kappa shape index (κ3) is 2.82. The van der Waals surface area contributed by atoms with E-state index in [1.54, 1.807) is 12.1 Å². The molecule has 112 valence electrons. The number of carbonyl (C=O) groups is 2. The normalized spacial score (nSPS) is 17.9. The fraction of sp³-hybridized carbons (Fsp3) is 0.125. The molecular weight excluding hydrogens is 303 g/mol. The lowest BCUT2D eigenvalue weighted by molar-refractivity contribution is -0.116. The molecule has 1 saturated heterocycles. The van der Waals surface area contributed by atoms with Crippen LogP contribution in [0.5, 0.6) is 0 Å². The minimum atomic E-state index is -0.709. The number of amides is 2. The third-order valence-corrected chi connectivity index (χ3v) is 4.22. The van der Waals surface area contributed by atoms with Crippen molar-refractivity contribution in [3.8, 4) is 0 Å². The van der Waals surface area contributed by atoms with Crippen molar-refractivity contribution in [2.75, 3.05) is 10.2 Å². The lowest BCUT2D eigenvalue weighted by atomic mass is 10.2. The molecule has 0 bridgehead atoms. The number of halogens is 1. The topological polar surface area (TPSA) is 49.4 Å². The van der Waals surface area contributed by atoms with Crippen molar-refractivity contribution in [2.45, 2.75) is 12.3 Å². The second kappa shape index (κ2) is 5.81. The molecule has 0 unspecified atom stereocenters. The van der Waals surface area contributed by atoms with Crippen LogP contribution in [0.15, 0.2) is 48.5 Å². The predicted octanol–water partition coefficient (Wildman–Crippen LogP) is 3.77. The molecule has 1 aliphatic heterocycles. The molecule has 0 saturated carbocycles. The van der Waals surface area contributed by atoms with Crippen molar-refractivity contribution in [3.63, 3.8) is 0 Å². The Hall–Kier alpha value is -2.34. The molecule has 1 aliphatic rings. The Balaban J connectivity index is 1.79. The molecule has 6 heteroatoms. The quantitative estimate of drug-likeness (QED) is 0.936. The molecule has 1 fully saturated rings. The maximum atomic E-state index is 12.9. The van der Waals surface area contributed by atoms with Gasteiger partial charge in [0.05, 0.1) is 5.69 Å². The fourth-order valence-corrected chi connectivity index (χ4v) is 3.03. The Labute approximate surface area is 131 Å². The summed E-state index contributed by atoms with van der Waals surface area (Å²) in [5, 5.41) is 1.91. The summed E-state index contributed by atoms with van der Waals surface area (Å²) in [4.78, 5) is 25.7. The van der Waals surface area contributed by atoms with Crippen molar-refractivity contribution in [2.24, 2.45) is 0 Å². The Morgan fingerprint density at radius 3 is 2.32 bits per heavy atom. The minimum Gasteiger partial charge on any atom is -0.365 e. The van der Waals surface area contributed by atoms with Gasteiger partial charge in [0.15, 0.2) is 5.37 Å². The number of thioether (sulfide) groups is 1. The van der Waals surface area contributed by atoms with Crippen LogP contribution in [0.25, 0.3) is 0 Å². The van der Waals surface area contributed by atoms with Gasteiger partial charge in [0.2, 0.25) is 0 Å². The second-order valence-corrected chi connectivity index (χ2v) is 5.98. The molecule has 0 radical (unpaired) electrons. The number of carbonyl (C=O) groups excluding carboxylic acids is 2. The van der Waals surface area contributed by atoms with Gasteiger partial charge >= 0.3 is 0 Å². The highest BCUT2D eigenvalue weighted by Gasteiger charge is 2.40. The van der Waals surface area contributed by atoms with Crippen LogP contribution in [0.3, 0.4) is 0 Å². The van der Waals surface area contributed by atoms with Crippen molar-refractivity contribution < 1.29 is 14.0 Å². The Morgan fingerprint density at radius 2 is 1.68 bits per heavy atom. The standard InChI is InChI=1S/C16H13FN2O2S/c1-10-2-8-13(9-3-10)19-15(20)14(22-16(19)21)18-12-6-4-11(17)5-7-12/h2-9,14,18H,1H3/t14-/m0/s1. The molecule has 0 aliphatic carbocycles. The van der Waals surface area contributed by atoms with E-state index in [9.17, 15) is 14.0 Å². The monoisotopic (exact) mass is 316 g/mol. The molecule has 1 atom stereocenters. The maximum Gasteiger partial charge on any atom is 0.295 e. The van der Waals surface area contributed by atoms with Gasteiger partial charge in [-0.2, -0.15) is 0 Å². The van der Waals surface area contributed by atoms with Gasteiger partial charge in [-0.25, -0.2) is 9.29 Å². The van der Waals surface area contributed by atoms with E-state index in [-0.39, 0.29) is 17.0 Å². The minimum absolute atomic E-state index is 0.325. The first kappa shape index (κ1) is 14.6. The van der Waals surface area contributed by atoms with Crippen LogP contribution >= 0.6 is 11.8 Å². The number of hydrogen-bond donors (Lipinski definition) is 1. The molecular formula is C16H13FN2O2S. The van der Waals surface area contributed by atoms with Crippen molar-refractivity contribution >= 4 is 34.3 Å². The molecule has 22 heavy (non-hydrogen) atoms. The Morgan fingerprint density at radius 1 is 1.05 bits per heavy atom. The van der Waals surface area contributed by atoms with E-state index in [1.807, 2.05) is 19.1 Å². The molecule has 1 N–H and O–H groups in total. The van der Waals surface area contributed by atoms with E-state index < -0.39 is 5.37 Å². The average molecular weight is 316 g/mol. The smallest absolute Gasteiger partial charge is 0.295 e. The largest absolute Gasteiger partial charge is 0.365 e. The second-order valence-electron chi connectivity index (χ2n) is 4.92. The highest BCUT2D eigenvalue weighted by atomic mass is 32.2. The van der Waals surface area contributed by atoms with Crippen LogP contribution in [0.2, 0.25) is 0 Å². The summed E-state index contributed by atoms with van der Waals surface area (Å²) < 4.78 is 12.9. The molecule has 4 nitrogen and oxygen atoms in total. The lowest BCUT2D eigenvalue weighted by Gasteiger charge is -2.15. The van der Waals surface area contributed by atoms with Crippen LogP contribution in [-0.2, 0) is 4.79 Å². The number of hydrogen-bond acceptors (Lipinski definition) is 4. The van der Waals surface area contributed by atoms with Gasteiger partial charge in [0, 0.05) is 5.69 Å². The summed E-state index contributed by atoms with van der Waals surface area (Å²) in [6.45, 7) is 1.94. The SMILES string of the molecule is Cc1ccc(N2C(=O)S[C@H](Nc3ccc(F)cc3)C2=O)cc1. The number of aryl methyl sites for hydroxylation is 1. The Kier molecular flexibility index (Phi) is 3.85. The summed E-state index contributed by atoms with van der Waals surface area (Å²) in [5.41, 5.74) is 2.19. The van der Waals surface area contributed by atoms with Crippen LogP contribution in [0.4, 0.5) is 20.6 Å². The summed E-state index contributed by atoms with van der Waals surface area (Å²) in [6, 6.07) is 12.8. The first-order valence-corrected chi connectivity index (χ1v) is 7.56. The molecule has 1 heterocycles. The van der Waals surface area contributed by atoms with Gasteiger partial charge in [-0.3, -0.25) is 9.59 Å². The average Bonchev–Trinajstić information content (AvgIpc) is 2.77. The van der Waals surface area contributed by atoms with E-state index in [2.05, 4.69) is 5.32 Å². The number of benzene rings is 2. The van der Waals surface area contributed by atoms with Gasteiger partial charge in [-0.05, 0) is 55.1 Å². The zero-order chi connectivity index (χ0) is 15.7. The zero-order valence-electron chi connectivity index (χ0n) is 11.7. The third-order valence-electron chi connectivity index (χ3n) is 3.28. The summed E-state index contributed by atoms with van der Waals surface area (Å²) >= 11 is 0.912. The maximum absolute atomic E-state index is 12.9. The van der Waals surface area contributed by atoms with Crippen molar-refractivity contribution in [1.82, 2.24) is 0 Å². The first-order chi connectivity index (χ1) is 10.5. The molecule has 0 spiro atoms. The molecule has 2 aromatic carbocycles. The number of rotatable bonds is 3. The van der Waals surface area contributed by atoms with Crippen molar-refractivity contribution in [1.29, 1.82) is 0 Å². The van der Waals surface area contributed by atoms with Crippen LogP contribution in [-0.4, -0.2) is 16.5 Å². The summed E-state index contributed by atoms with van der Waals surface area (Å²) in [5.74, 6) is -0.684. The number of nitrogens with one attached hydrogen (secondary N) is 1. The van der Waals surface area contributed by atoms with E-state index in [1.165, 1.54) is 24.3 Å². The molecule has 2 amide bonds. The first-order valence-electron chi connectivity index (χ1n) is 6.68. The van der Waals surface area contributed by atoms with Gasteiger partial charge < -0.3 is 5.32 Å².